The van der Waals surface area contributed by atoms with Crippen LogP contribution in [-0.2, 0) is 19.1 Å². The second kappa shape index (κ2) is 8.17. The second-order valence-corrected chi connectivity index (χ2v) is 7.49. The topological polar surface area (TPSA) is 79.0 Å². The number of ether oxygens (including phenoxy) is 1. The highest BCUT2D eigenvalue weighted by molar-refractivity contribution is 6.00. The molecule has 0 aliphatic carbocycles. The van der Waals surface area contributed by atoms with Crippen molar-refractivity contribution in [3.8, 4) is 0 Å². The van der Waals surface area contributed by atoms with Crippen LogP contribution in [0.5, 0.6) is 0 Å². The molecule has 0 saturated carbocycles. The molecule has 2 fully saturated rings. The summed E-state index contributed by atoms with van der Waals surface area (Å²) in [5, 5.41) is 2.96. The van der Waals surface area contributed by atoms with E-state index in [0.717, 1.165) is 6.42 Å². The maximum atomic E-state index is 13.0. The van der Waals surface area contributed by atoms with Crippen LogP contribution < -0.4 is 5.32 Å². The van der Waals surface area contributed by atoms with Crippen molar-refractivity contribution in [2.75, 3.05) is 33.4 Å². The number of piperidine rings is 1. The third kappa shape index (κ3) is 3.97. The molecule has 2 aliphatic heterocycles. The van der Waals surface area contributed by atoms with Crippen LogP contribution in [0.4, 0.5) is 0 Å². The van der Waals surface area contributed by atoms with Crippen LogP contribution in [0.2, 0.25) is 0 Å². The third-order valence-electron chi connectivity index (χ3n) is 5.17. The summed E-state index contributed by atoms with van der Waals surface area (Å²) in [6.07, 6.45) is 2.42. The van der Waals surface area contributed by atoms with Crippen molar-refractivity contribution in [1.82, 2.24) is 15.1 Å². The molecule has 1 spiro atoms. The normalized spacial score (nSPS) is 23.3. The van der Waals surface area contributed by atoms with E-state index in [1.807, 2.05) is 20.8 Å². The molecule has 2 saturated heterocycles. The van der Waals surface area contributed by atoms with E-state index in [0.29, 0.717) is 44.8 Å². The largest absolute Gasteiger partial charge is 0.375 e. The number of hydrogen-bond donors (Lipinski definition) is 1. The van der Waals surface area contributed by atoms with E-state index in [9.17, 15) is 14.4 Å². The van der Waals surface area contributed by atoms with Crippen molar-refractivity contribution in [3.05, 3.63) is 0 Å². The number of likely N-dealkylation sites (tertiary alicyclic amines) is 1. The van der Waals surface area contributed by atoms with Gasteiger partial charge in [0.05, 0.1) is 0 Å². The zero-order valence-corrected chi connectivity index (χ0v) is 15.8. The maximum Gasteiger partial charge on any atom is 0.248 e. The average molecular weight is 353 g/mol. The Labute approximate surface area is 150 Å². The van der Waals surface area contributed by atoms with Crippen molar-refractivity contribution in [2.24, 2.45) is 5.92 Å². The fourth-order valence-corrected chi connectivity index (χ4v) is 3.89. The number of piperazine rings is 1. The molecule has 1 unspecified atom stereocenters. The Balaban J connectivity index is 2.17. The van der Waals surface area contributed by atoms with Gasteiger partial charge in [0.15, 0.2) is 0 Å². The molecule has 3 amide bonds. The van der Waals surface area contributed by atoms with Crippen molar-refractivity contribution in [3.63, 3.8) is 0 Å². The first kappa shape index (κ1) is 19.7. The summed E-state index contributed by atoms with van der Waals surface area (Å²) in [6, 6.07) is -0.433. The van der Waals surface area contributed by atoms with E-state index in [4.69, 9.17) is 4.74 Å². The molecule has 2 rings (SSSR count). The summed E-state index contributed by atoms with van der Waals surface area (Å²) in [4.78, 5) is 41.5. The third-order valence-corrected chi connectivity index (χ3v) is 5.17. The van der Waals surface area contributed by atoms with Crippen molar-refractivity contribution in [2.45, 2.75) is 58.0 Å². The highest BCUT2D eigenvalue weighted by Gasteiger charge is 2.53. The van der Waals surface area contributed by atoms with Gasteiger partial charge >= 0.3 is 0 Å². The Kier molecular flexibility index (Phi) is 6.43. The molecule has 0 aromatic heterocycles. The molecule has 7 heteroatoms. The lowest BCUT2D eigenvalue weighted by Gasteiger charge is -2.51. The number of rotatable bonds is 6. The summed E-state index contributed by atoms with van der Waals surface area (Å²) in [5.74, 6) is 0.219. The first-order valence-corrected chi connectivity index (χ1v) is 9.25. The van der Waals surface area contributed by atoms with E-state index >= 15 is 0 Å². The maximum absolute atomic E-state index is 13.0. The molecule has 0 aromatic rings. The summed E-state index contributed by atoms with van der Waals surface area (Å²) in [6.45, 7) is 7.68. The molecule has 0 aromatic carbocycles. The van der Waals surface area contributed by atoms with Gasteiger partial charge in [0.1, 0.15) is 18.2 Å². The van der Waals surface area contributed by atoms with Gasteiger partial charge in [0.2, 0.25) is 17.7 Å². The van der Waals surface area contributed by atoms with Gasteiger partial charge in [0.25, 0.3) is 0 Å². The molecule has 7 nitrogen and oxygen atoms in total. The van der Waals surface area contributed by atoms with Crippen LogP contribution >= 0.6 is 0 Å². The number of nitrogens with zero attached hydrogens (tertiary/aromatic N) is 2. The Bertz CT molecular complexity index is 512. The first-order chi connectivity index (χ1) is 11.9. The monoisotopic (exact) mass is 353 g/mol. The summed E-state index contributed by atoms with van der Waals surface area (Å²) in [7, 11) is 1.49. The van der Waals surface area contributed by atoms with Crippen molar-refractivity contribution in [1.29, 1.82) is 0 Å². The Hall–Kier alpha value is -1.63. The quantitative estimate of drug-likeness (QED) is 0.765. The standard InChI is InChI=1S/C18H31N3O4/c1-5-8-21-16(23)14(11-13(2)3)19-17(24)18(21)6-9-20(10-7-18)15(22)12-25-4/h13-14H,5-12H2,1-4H3,(H,19,24). The van der Waals surface area contributed by atoms with Crippen LogP contribution in [0.3, 0.4) is 0 Å². The van der Waals surface area contributed by atoms with E-state index in [1.165, 1.54) is 7.11 Å². The number of carbonyl (C=O) groups excluding carboxylic acids is 3. The van der Waals surface area contributed by atoms with Gasteiger partial charge < -0.3 is 19.9 Å². The lowest BCUT2D eigenvalue weighted by atomic mass is 9.81. The Morgan fingerprint density at radius 3 is 2.48 bits per heavy atom. The van der Waals surface area contributed by atoms with E-state index in [2.05, 4.69) is 5.32 Å². The zero-order valence-electron chi connectivity index (χ0n) is 15.8. The predicted molar refractivity (Wildman–Crippen MR) is 93.8 cm³/mol. The van der Waals surface area contributed by atoms with Crippen LogP contribution in [0.25, 0.3) is 0 Å². The molecule has 142 valence electrons. The molecular weight excluding hydrogens is 322 g/mol. The SMILES string of the molecule is CCCN1C(=O)C(CC(C)C)NC(=O)C12CCN(C(=O)COC)CC2. The second-order valence-electron chi connectivity index (χ2n) is 7.49. The smallest absolute Gasteiger partial charge is 0.248 e. The Morgan fingerprint density at radius 1 is 1.32 bits per heavy atom. The van der Waals surface area contributed by atoms with E-state index in [1.54, 1.807) is 9.80 Å². The number of hydrogen-bond acceptors (Lipinski definition) is 4. The van der Waals surface area contributed by atoms with Gasteiger partial charge in [0, 0.05) is 26.7 Å². The van der Waals surface area contributed by atoms with E-state index < -0.39 is 11.6 Å². The van der Waals surface area contributed by atoms with Crippen LogP contribution in [0.15, 0.2) is 0 Å². The lowest BCUT2D eigenvalue weighted by molar-refractivity contribution is -0.163. The van der Waals surface area contributed by atoms with Gasteiger partial charge in [-0.1, -0.05) is 20.8 Å². The number of nitrogens with one attached hydrogen (secondary N) is 1. The number of carbonyl (C=O) groups is 3. The Morgan fingerprint density at radius 2 is 1.96 bits per heavy atom. The van der Waals surface area contributed by atoms with Gasteiger partial charge in [-0.3, -0.25) is 14.4 Å². The summed E-state index contributed by atoms with van der Waals surface area (Å²) < 4.78 is 4.91. The van der Waals surface area contributed by atoms with Gasteiger partial charge in [-0.05, 0) is 31.6 Å². The molecule has 2 heterocycles. The zero-order chi connectivity index (χ0) is 18.6. The molecule has 0 bridgehead atoms. The fraction of sp³-hybridized carbons (Fsp3) is 0.833. The van der Waals surface area contributed by atoms with Crippen LogP contribution in [-0.4, -0.2) is 72.5 Å². The molecule has 2 aliphatic rings. The molecule has 25 heavy (non-hydrogen) atoms. The molecule has 1 atom stereocenters. The fourth-order valence-electron chi connectivity index (χ4n) is 3.89. The minimum atomic E-state index is -0.815. The number of methoxy groups -OCH3 is 1. The highest BCUT2D eigenvalue weighted by Crippen LogP contribution is 2.34. The summed E-state index contributed by atoms with van der Waals surface area (Å²) >= 11 is 0. The lowest BCUT2D eigenvalue weighted by Crippen LogP contribution is -2.73. The predicted octanol–water partition coefficient (Wildman–Crippen LogP) is 0.777. The first-order valence-electron chi connectivity index (χ1n) is 9.25. The summed E-state index contributed by atoms with van der Waals surface area (Å²) in [5.41, 5.74) is -0.815. The number of amides is 3. The highest BCUT2D eigenvalue weighted by atomic mass is 16.5. The van der Waals surface area contributed by atoms with E-state index in [-0.39, 0.29) is 24.3 Å². The van der Waals surface area contributed by atoms with Crippen molar-refractivity contribution < 1.29 is 19.1 Å². The van der Waals surface area contributed by atoms with Gasteiger partial charge in [-0.2, -0.15) is 0 Å². The van der Waals surface area contributed by atoms with Gasteiger partial charge in [-0.15, -0.1) is 0 Å². The van der Waals surface area contributed by atoms with Crippen LogP contribution in [0.1, 0.15) is 46.5 Å². The molecule has 1 N–H and O–H groups in total. The minimum absolute atomic E-state index is 0.0202. The van der Waals surface area contributed by atoms with Crippen LogP contribution in [0, 0.1) is 5.92 Å². The minimum Gasteiger partial charge on any atom is -0.375 e. The van der Waals surface area contributed by atoms with Gasteiger partial charge in [-0.25, -0.2) is 0 Å². The molecular formula is C18H31N3O4. The van der Waals surface area contributed by atoms with Crippen molar-refractivity contribution >= 4 is 17.7 Å². The average Bonchev–Trinajstić information content (AvgIpc) is 2.57. The molecule has 0 radical (unpaired) electrons.